The molecular weight excluding hydrogens is 412 g/mol. The van der Waals surface area contributed by atoms with Gasteiger partial charge in [-0.1, -0.05) is 27.7 Å². The molecule has 0 amide bonds. The number of ether oxygens (including phenoxy) is 1. The largest absolute Gasteiger partial charge is 0.361 e. The Morgan fingerprint density at radius 2 is 1.97 bits per heavy atom. The van der Waals surface area contributed by atoms with Gasteiger partial charge in [0.05, 0.1) is 34.7 Å². The summed E-state index contributed by atoms with van der Waals surface area (Å²) in [4.78, 5) is 6.88. The number of hydrogen-bond donors (Lipinski definition) is 0. The monoisotopic (exact) mass is 448 g/mol. The minimum Gasteiger partial charge on any atom is -0.361 e. The van der Waals surface area contributed by atoms with Crippen LogP contribution in [0.5, 0.6) is 0 Å². The van der Waals surface area contributed by atoms with Crippen molar-refractivity contribution in [1.82, 2.24) is 19.3 Å². The van der Waals surface area contributed by atoms with E-state index in [1.54, 1.807) is 0 Å². The molecule has 0 saturated carbocycles. The van der Waals surface area contributed by atoms with E-state index < -0.39 is 0 Å². The first-order chi connectivity index (χ1) is 15.7. The average Bonchev–Trinajstić information content (AvgIpc) is 3.35. The Morgan fingerprint density at radius 1 is 1.18 bits per heavy atom. The zero-order valence-corrected chi connectivity index (χ0v) is 20.6. The van der Waals surface area contributed by atoms with E-state index in [4.69, 9.17) is 9.84 Å². The van der Waals surface area contributed by atoms with Crippen molar-refractivity contribution >= 4 is 16.9 Å². The molecule has 176 valence electrons. The Balaban J connectivity index is 1.51. The highest BCUT2D eigenvalue weighted by Crippen LogP contribution is 2.34. The molecule has 3 heterocycles. The summed E-state index contributed by atoms with van der Waals surface area (Å²) < 4.78 is 10.3. The van der Waals surface area contributed by atoms with Gasteiger partial charge in [0.2, 0.25) is 0 Å². The van der Waals surface area contributed by atoms with Crippen molar-refractivity contribution in [3.8, 4) is 6.07 Å². The van der Waals surface area contributed by atoms with E-state index in [2.05, 4.69) is 54.3 Å². The lowest BCUT2D eigenvalue weighted by Gasteiger charge is -2.33. The molecular formula is C26H36N6O. The van der Waals surface area contributed by atoms with Crippen LogP contribution in [0.4, 0.5) is 5.82 Å². The third-order valence-electron chi connectivity index (χ3n) is 6.77. The molecule has 2 aromatic heterocycles. The molecule has 0 aliphatic carbocycles. The molecule has 1 fully saturated rings. The Morgan fingerprint density at radius 3 is 2.70 bits per heavy atom. The number of rotatable bonds is 3. The minimum absolute atomic E-state index is 0.0194. The maximum Gasteiger partial charge on any atom is 0.128 e. The number of aromatic nitrogens is 4. The van der Waals surface area contributed by atoms with E-state index in [-0.39, 0.29) is 10.8 Å². The van der Waals surface area contributed by atoms with E-state index in [0.717, 1.165) is 67.9 Å². The molecule has 1 unspecified atom stereocenters. The Bertz CT molecular complexity index is 1150. The first-order valence-electron chi connectivity index (χ1n) is 11.9. The Kier molecular flexibility index (Phi) is 6.49. The van der Waals surface area contributed by atoms with Crippen LogP contribution in [0.2, 0.25) is 0 Å². The molecule has 0 spiro atoms. The molecule has 3 aromatic rings. The van der Waals surface area contributed by atoms with Crippen LogP contribution in [0.3, 0.4) is 0 Å². The van der Waals surface area contributed by atoms with Crippen molar-refractivity contribution in [2.45, 2.75) is 65.3 Å². The van der Waals surface area contributed by atoms with E-state index in [0.29, 0.717) is 12.3 Å². The number of nitrogens with zero attached hydrogens (tertiary/aromatic N) is 6. The zero-order chi connectivity index (χ0) is 23.6. The van der Waals surface area contributed by atoms with Crippen LogP contribution in [0.15, 0.2) is 30.6 Å². The minimum atomic E-state index is 0.0194. The Labute approximate surface area is 197 Å². The molecule has 33 heavy (non-hydrogen) atoms. The quantitative estimate of drug-likeness (QED) is 0.564. The number of imidazole rings is 1. The van der Waals surface area contributed by atoms with E-state index in [1.165, 1.54) is 0 Å². The maximum absolute atomic E-state index is 9.30. The van der Waals surface area contributed by atoms with Crippen LogP contribution in [-0.2, 0) is 23.7 Å². The lowest BCUT2D eigenvalue weighted by Crippen LogP contribution is -2.33. The van der Waals surface area contributed by atoms with Gasteiger partial charge in [0.25, 0.3) is 0 Å². The van der Waals surface area contributed by atoms with E-state index >= 15 is 0 Å². The smallest absolute Gasteiger partial charge is 0.128 e. The summed E-state index contributed by atoms with van der Waals surface area (Å²) >= 11 is 0. The number of anilines is 1. The third-order valence-corrected chi connectivity index (χ3v) is 6.77. The van der Waals surface area contributed by atoms with Gasteiger partial charge in [-0.05, 0) is 49.3 Å². The topological polar surface area (TPSA) is 71.9 Å². The van der Waals surface area contributed by atoms with Crippen molar-refractivity contribution in [2.24, 2.45) is 12.5 Å². The van der Waals surface area contributed by atoms with Gasteiger partial charge in [0.15, 0.2) is 0 Å². The predicted molar refractivity (Wildman–Crippen MR) is 131 cm³/mol. The third kappa shape index (κ3) is 5.22. The second-order valence-electron chi connectivity index (χ2n) is 10.8. The normalized spacial score (nSPS) is 20.7. The van der Waals surface area contributed by atoms with Crippen LogP contribution in [0, 0.1) is 16.7 Å². The van der Waals surface area contributed by atoms with Crippen LogP contribution >= 0.6 is 0 Å². The van der Waals surface area contributed by atoms with Gasteiger partial charge in [0, 0.05) is 38.2 Å². The molecule has 0 radical (unpaired) electrons. The fourth-order valence-corrected chi connectivity index (χ4v) is 4.78. The fourth-order valence-electron chi connectivity index (χ4n) is 4.78. The fraction of sp³-hybridized carbons (Fsp3) is 0.577. The van der Waals surface area contributed by atoms with Crippen LogP contribution < -0.4 is 4.90 Å². The first kappa shape index (κ1) is 23.3. The summed E-state index contributed by atoms with van der Waals surface area (Å²) in [5.74, 6) is 1.12. The number of fused-ring (bicyclic) bond motifs is 1. The molecule has 0 bridgehead atoms. The lowest BCUT2D eigenvalue weighted by atomic mass is 9.80. The molecule has 1 atom stereocenters. The van der Waals surface area contributed by atoms with Gasteiger partial charge < -0.3 is 14.2 Å². The first-order valence-corrected chi connectivity index (χ1v) is 11.9. The second-order valence-corrected chi connectivity index (χ2v) is 10.8. The highest BCUT2D eigenvalue weighted by Gasteiger charge is 2.27. The molecule has 1 aliphatic heterocycles. The van der Waals surface area contributed by atoms with Crippen molar-refractivity contribution < 1.29 is 4.74 Å². The number of hydrogen-bond acceptors (Lipinski definition) is 5. The summed E-state index contributed by atoms with van der Waals surface area (Å²) in [5, 5.41) is 14.1. The van der Waals surface area contributed by atoms with Gasteiger partial charge in [-0.25, -0.2) is 4.98 Å². The average molecular weight is 449 g/mol. The van der Waals surface area contributed by atoms with Crippen molar-refractivity contribution in [2.75, 3.05) is 24.8 Å². The van der Waals surface area contributed by atoms with Gasteiger partial charge in [-0.3, -0.25) is 4.68 Å². The maximum atomic E-state index is 9.30. The highest BCUT2D eigenvalue weighted by molar-refractivity contribution is 5.77. The lowest BCUT2D eigenvalue weighted by molar-refractivity contribution is 0.103. The molecule has 1 aromatic carbocycles. The summed E-state index contributed by atoms with van der Waals surface area (Å²) in [6, 6.07) is 10.2. The van der Waals surface area contributed by atoms with E-state index in [1.807, 2.05) is 36.3 Å². The van der Waals surface area contributed by atoms with Crippen LogP contribution in [0.25, 0.3) is 11.0 Å². The number of benzene rings is 1. The van der Waals surface area contributed by atoms with Gasteiger partial charge >= 0.3 is 0 Å². The molecule has 0 N–H and O–H groups in total. The summed E-state index contributed by atoms with van der Waals surface area (Å²) in [7, 11) is 2.02. The highest BCUT2D eigenvalue weighted by atomic mass is 16.5. The second kappa shape index (κ2) is 9.18. The molecule has 1 saturated heterocycles. The molecule has 7 nitrogen and oxygen atoms in total. The standard InChI is InChI=1S/C26H36N6O/c1-25(2,3)23-15-24(30(5)29-23)31-12-6-10-26(4,11-7-13-33-19-31)17-32-18-28-21-9-8-20(16-27)14-22(21)32/h8-9,14-15,18H,6-7,10-13,17,19H2,1-5H3. The van der Waals surface area contributed by atoms with E-state index in [9.17, 15) is 5.26 Å². The summed E-state index contributed by atoms with van der Waals surface area (Å²) in [5.41, 5.74) is 3.91. The molecule has 1 aliphatic rings. The molecule has 7 heteroatoms. The zero-order valence-electron chi connectivity index (χ0n) is 20.6. The van der Waals surface area contributed by atoms with Crippen LogP contribution in [-0.4, -0.2) is 39.2 Å². The van der Waals surface area contributed by atoms with Gasteiger partial charge in [-0.15, -0.1) is 0 Å². The van der Waals surface area contributed by atoms with Gasteiger partial charge in [0.1, 0.15) is 12.5 Å². The van der Waals surface area contributed by atoms with Gasteiger partial charge in [-0.2, -0.15) is 10.4 Å². The van der Waals surface area contributed by atoms with Crippen molar-refractivity contribution in [3.63, 3.8) is 0 Å². The summed E-state index contributed by atoms with van der Waals surface area (Å²) in [6.45, 7) is 12.1. The predicted octanol–water partition coefficient (Wildman–Crippen LogP) is 5.00. The Hall–Kier alpha value is -2.85. The SMILES string of the molecule is Cn1nc(C(C)(C)C)cc1N1CCCC(C)(Cn2cnc3ccc(C#N)cc32)CCCOC1. The molecule has 4 rings (SSSR count). The van der Waals surface area contributed by atoms with Crippen molar-refractivity contribution in [3.05, 3.63) is 41.9 Å². The summed E-state index contributed by atoms with van der Waals surface area (Å²) in [6.07, 6.45) is 6.24. The van der Waals surface area contributed by atoms with Crippen molar-refractivity contribution in [1.29, 1.82) is 5.26 Å². The number of aryl methyl sites for hydroxylation is 1. The van der Waals surface area contributed by atoms with Crippen LogP contribution in [0.1, 0.15) is 64.6 Å². The number of nitriles is 1.